The Bertz CT molecular complexity index is 1090. The van der Waals surface area contributed by atoms with E-state index in [1.54, 1.807) is 7.11 Å². The van der Waals surface area contributed by atoms with Crippen LogP contribution in [0, 0.1) is 6.92 Å². The number of aromatic amines is 1. The summed E-state index contributed by atoms with van der Waals surface area (Å²) in [6.07, 6.45) is 0. The number of hydrogen-bond donors (Lipinski definition) is 3. The number of fused-ring (bicyclic) bond motifs is 1. The van der Waals surface area contributed by atoms with Crippen molar-refractivity contribution < 1.29 is 4.74 Å². The number of ether oxygens (including phenoxy) is 1. The molecule has 0 aliphatic rings. The highest BCUT2D eigenvalue weighted by molar-refractivity contribution is 5.97. The minimum absolute atomic E-state index is 0.701. The SMILES string of the molecule is COc1ccc2c(-c3cccc(N)c3)nc(Nc3cc(C)[nH]n3)cc2c1. The molecule has 0 saturated heterocycles. The lowest BCUT2D eigenvalue weighted by molar-refractivity contribution is 0.415. The van der Waals surface area contributed by atoms with Crippen molar-refractivity contribution >= 4 is 28.1 Å². The zero-order valence-electron chi connectivity index (χ0n) is 14.6. The Morgan fingerprint density at radius 1 is 1.04 bits per heavy atom. The number of pyridine rings is 1. The fraction of sp³-hybridized carbons (Fsp3) is 0.100. The van der Waals surface area contributed by atoms with E-state index in [1.807, 2.05) is 61.5 Å². The average molecular weight is 345 g/mol. The highest BCUT2D eigenvalue weighted by Crippen LogP contribution is 2.33. The number of anilines is 3. The largest absolute Gasteiger partial charge is 0.497 e. The maximum Gasteiger partial charge on any atom is 0.153 e. The molecular weight excluding hydrogens is 326 g/mol. The fourth-order valence-corrected chi connectivity index (χ4v) is 2.95. The minimum atomic E-state index is 0.701. The van der Waals surface area contributed by atoms with Crippen molar-refractivity contribution in [2.75, 3.05) is 18.2 Å². The Hall–Kier alpha value is -3.54. The van der Waals surface area contributed by atoms with Crippen molar-refractivity contribution in [2.24, 2.45) is 0 Å². The molecular formula is C20H19N5O. The number of hydrogen-bond acceptors (Lipinski definition) is 5. The van der Waals surface area contributed by atoms with E-state index < -0.39 is 0 Å². The van der Waals surface area contributed by atoms with Crippen LogP contribution in [-0.2, 0) is 0 Å². The van der Waals surface area contributed by atoms with Crippen molar-refractivity contribution in [2.45, 2.75) is 6.92 Å². The first-order chi connectivity index (χ1) is 12.6. The summed E-state index contributed by atoms with van der Waals surface area (Å²) in [7, 11) is 1.66. The summed E-state index contributed by atoms with van der Waals surface area (Å²) < 4.78 is 5.37. The summed E-state index contributed by atoms with van der Waals surface area (Å²) in [5.74, 6) is 2.22. The highest BCUT2D eigenvalue weighted by atomic mass is 16.5. The third kappa shape index (κ3) is 3.04. The molecule has 4 N–H and O–H groups in total. The quantitative estimate of drug-likeness (QED) is 0.481. The first-order valence-electron chi connectivity index (χ1n) is 8.26. The average Bonchev–Trinajstić information content (AvgIpc) is 3.05. The fourth-order valence-electron chi connectivity index (χ4n) is 2.95. The van der Waals surface area contributed by atoms with Gasteiger partial charge in [0, 0.05) is 28.4 Å². The summed E-state index contributed by atoms with van der Waals surface area (Å²) in [5.41, 5.74) is 9.47. The number of benzene rings is 2. The molecule has 26 heavy (non-hydrogen) atoms. The maximum absolute atomic E-state index is 5.97. The molecule has 0 aliphatic heterocycles. The van der Waals surface area contributed by atoms with E-state index in [4.69, 9.17) is 15.5 Å². The number of nitrogens with zero attached hydrogens (tertiary/aromatic N) is 2. The number of methoxy groups -OCH3 is 1. The molecule has 0 bridgehead atoms. The van der Waals surface area contributed by atoms with Crippen LogP contribution in [0.4, 0.5) is 17.3 Å². The molecule has 0 aliphatic carbocycles. The van der Waals surface area contributed by atoms with Crippen LogP contribution in [0.15, 0.2) is 54.6 Å². The van der Waals surface area contributed by atoms with E-state index >= 15 is 0 Å². The molecule has 0 spiro atoms. The second-order valence-corrected chi connectivity index (χ2v) is 6.13. The van der Waals surface area contributed by atoms with E-state index in [1.165, 1.54) is 0 Å². The Kier molecular flexibility index (Phi) is 3.93. The van der Waals surface area contributed by atoms with E-state index in [9.17, 15) is 0 Å². The van der Waals surface area contributed by atoms with Gasteiger partial charge in [-0.05, 0) is 48.7 Å². The lowest BCUT2D eigenvalue weighted by Crippen LogP contribution is -1.97. The third-order valence-electron chi connectivity index (χ3n) is 4.16. The number of H-pyrrole nitrogens is 1. The second-order valence-electron chi connectivity index (χ2n) is 6.13. The Balaban J connectivity index is 1.89. The van der Waals surface area contributed by atoms with E-state index in [-0.39, 0.29) is 0 Å². The van der Waals surface area contributed by atoms with Crippen molar-refractivity contribution in [1.29, 1.82) is 0 Å². The first kappa shape index (κ1) is 16.0. The number of aromatic nitrogens is 3. The van der Waals surface area contributed by atoms with Gasteiger partial charge >= 0.3 is 0 Å². The number of nitrogen functional groups attached to an aromatic ring is 1. The third-order valence-corrected chi connectivity index (χ3v) is 4.16. The molecule has 0 radical (unpaired) electrons. The van der Waals surface area contributed by atoms with Crippen LogP contribution < -0.4 is 15.8 Å². The van der Waals surface area contributed by atoms with E-state index in [0.717, 1.165) is 39.3 Å². The molecule has 2 aromatic carbocycles. The summed E-state index contributed by atoms with van der Waals surface area (Å²) in [6, 6.07) is 17.6. The number of nitrogens with one attached hydrogen (secondary N) is 2. The van der Waals surface area contributed by atoms with Crippen LogP contribution >= 0.6 is 0 Å². The van der Waals surface area contributed by atoms with Gasteiger partial charge in [0.1, 0.15) is 11.6 Å². The number of aryl methyl sites for hydroxylation is 1. The molecule has 130 valence electrons. The monoisotopic (exact) mass is 345 g/mol. The normalized spacial score (nSPS) is 10.8. The Morgan fingerprint density at radius 3 is 2.65 bits per heavy atom. The highest BCUT2D eigenvalue weighted by Gasteiger charge is 2.11. The molecule has 0 atom stereocenters. The van der Waals surface area contributed by atoms with Crippen molar-refractivity contribution in [3.63, 3.8) is 0 Å². The number of nitrogens with two attached hydrogens (primary N) is 1. The first-order valence-corrected chi connectivity index (χ1v) is 8.26. The predicted octanol–water partition coefficient (Wildman–Crippen LogP) is 4.27. The molecule has 6 nitrogen and oxygen atoms in total. The zero-order chi connectivity index (χ0) is 18.1. The van der Waals surface area contributed by atoms with E-state index in [2.05, 4.69) is 15.5 Å². The zero-order valence-corrected chi connectivity index (χ0v) is 14.6. The molecule has 2 heterocycles. The van der Waals surface area contributed by atoms with Crippen molar-refractivity contribution in [1.82, 2.24) is 15.2 Å². The van der Waals surface area contributed by atoms with E-state index in [0.29, 0.717) is 11.5 Å². The van der Waals surface area contributed by atoms with Gasteiger partial charge in [0.25, 0.3) is 0 Å². The predicted molar refractivity (Wildman–Crippen MR) is 105 cm³/mol. The Morgan fingerprint density at radius 2 is 1.92 bits per heavy atom. The van der Waals surface area contributed by atoms with Gasteiger partial charge in [-0.2, -0.15) is 5.10 Å². The lowest BCUT2D eigenvalue weighted by Gasteiger charge is -2.12. The molecule has 0 unspecified atom stereocenters. The maximum atomic E-state index is 5.97. The van der Waals surface area contributed by atoms with Crippen LogP contribution in [0.1, 0.15) is 5.69 Å². The van der Waals surface area contributed by atoms with Crippen LogP contribution in [0.3, 0.4) is 0 Å². The van der Waals surface area contributed by atoms with Crippen molar-refractivity contribution in [3.05, 3.63) is 60.3 Å². The van der Waals surface area contributed by atoms with Gasteiger partial charge in [0.05, 0.1) is 12.8 Å². The van der Waals surface area contributed by atoms with Gasteiger partial charge in [0.15, 0.2) is 5.82 Å². The Labute approximate surface area is 151 Å². The summed E-state index contributed by atoms with van der Waals surface area (Å²) in [5, 5.41) is 12.4. The molecule has 0 saturated carbocycles. The van der Waals surface area contributed by atoms with Crippen LogP contribution in [0.25, 0.3) is 22.0 Å². The molecule has 0 amide bonds. The second kappa shape index (κ2) is 6.40. The topological polar surface area (TPSA) is 88.9 Å². The van der Waals surface area contributed by atoms with Gasteiger partial charge < -0.3 is 15.8 Å². The smallest absolute Gasteiger partial charge is 0.153 e. The van der Waals surface area contributed by atoms with Crippen LogP contribution in [-0.4, -0.2) is 22.3 Å². The van der Waals surface area contributed by atoms with Crippen molar-refractivity contribution in [3.8, 4) is 17.0 Å². The molecule has 4 aromatic rings. The molecule has 0 fully saturated rings. The molecule has 4 rings (SSSR count). The standard InChI is InChI=1S/C20H19N5O/c1-12-8-19(25-24-12)22-18-11-14-10-16(26-2)6-7-17(14)20(23-18)13-4-3-5-15(21)9-13/h3-11H,21H2,1-2H3,(H2,22,23,24,25). The van der Waals surface area contributed by atoms with Gasteiger partial charge in [-0.25, -0.2) is 4.98 Å². The molecule has 2 aromatic heterocycles. The summed E-state index contributed by atoms with van der Waals surface area (Å²) in [6.45, 7) is 1.95. The summed E-state index contributed by atoms with van der Waals surface area (Å²) in [4.78, 5) is 4.81. The minimum Gasteiger partial charge on any atom is -0.497 e. The van der Waals surface area contributed by atoms with Crippen LogP contribution in [0.5, 0.6) is 5.75 Å². The van der Waals surface area contributed by atoms with Crippen LogP contribution in [0.2, 0.25) is 0 Å². The number of rotatable bonds is 4. The lowest BCUT2D eigenvalue weighted by atomic mass is 10.0. The van der Waals surface area contributed by atoms with Gasteiger partial charge in [-0.1, -0.05) is 12.1 Å². The van der Waals surface area contributed by atoms with Gasteiger partial charge in [0.2, 0.25) is 0 Å². The van der Waals surface area contributed by atoms with Gasteiger partial charge in [-0.15, -0.1) is 0 Å². The molecule has 6 heteroatoms. The van der Waals surface area contributed by atoms with Gasteiger partial charge in [-0.3, -0.25) is 5.10 Å². The summed E-state index contributed by atoms with van der Waals surface area (Å²) >= 11 is 0.